The van der Waals surface area contributed by atoms with Gasteiger partial charge in [0.25, 0.3) is 5.56 Å². The number of nitrogens with zero attached hydrogens (tertiary/aromatic N) is 2. The Hall–Kier alpha value is -2.29. The molecule has 0 aliphatic carbocycles. The number of hydrogen-bond acceptors (Lipinski definition) is 3. The normalized spacial score (nSPS) is 11.6. The van der Waals surface area contributed by atoms with Crippen molar-refractivity contribution in [2.24, 2.45) is 7.05 Å². The summed E-state index contributed by atoms with van der Waals surface area (Å²) in [5.74, 6) is -1.04. The highest BCUT2D eigenvalue weighted by molar-refractivity contribution is 6.32. The molecule has 2 rings (SSSR count). The molecule has 1 heterocycles. The van der Waals surface area contributed by atoms with E-state index in [0.717, 1.165) is 19.2 Å². The molecule has 0 N–H and O–H groups in total. The van der Waals surface area contributed by atoms with Crippen molar-refractivity contribution in [3.63, 3.8) is 0 Å². The Balaban J connectivity index is 2.73. The lowest BCUT2D eigenvalue weighted by atomic mass is 10.2. The first-order chi connectivity index (χ1) is 11.6. The van der Waals surface area contributed by atoms with Crippen LogP contribution in [-0.4, -0.2) is 15.7 Å². The Kier molecular flexibility index (Phi) is 5.26. The number of rotatable bonds is 4. The summed E-state index contributed by atoms with van der Waals surface area (Å²) < 4.78 is 58.6. The van der Waals surface area contributed by atoms with Gasteiger partial charge in [-0.25, -0.2) is 13.8 Å². The Morgan fingerprint density at radius 1 is 1.20 bits per heavy atom. The molecule has 136 valence electrons. The SMILES string of the molecule is CCCOc1cc(-n2c(=O)cc(C(F)(F)F)n(C)c2=O)c(F)cc1Cl. The number of hydrogen-bond donors (Lipinski definition) is 0. The van der Waals surface area contributed by atoms with Crippen LogP contribution in [0.1, 0.15) is 19.0 Å². The van der Waals surface area contributed by atoms with E-state index in [1.807, 2.05) is 6.92 Å². The molecule has 5 nitrogen and oxygen atoms in total. The predicted octanol–water partition coefficient (Wildman–Crippen LogP) is 3.14. The van der Waals surface area contributed by atoms with Gasteiger partial charge in [-0.15, -0.1) is 0 Å². The third-order valence-electron chi connectivity index (χ3n) is 3.31. The molecule has 0 bridgehead atoms. The van der Waals surface area contributed by atoms with Gasteiger partial charge in [0, 0.05) is 19.2 Å². The van der Waals surface area contributed by atoms with E-state index in [1.54, 1.807) is 0 Å². The molecule has 0 aliphatic heterocycles. The Labute approximate surface area is 144 Å². The van der Waals surface area contributed by atoms with Crippen molar-refractivity contribution in [2.45, 2.75) is 19.5 Å². The first-order valence-electron chi connectivity index (χ1n) is 7.10. The molecule has 0 unspecified atom stereocenters. The lowest BCUT2D eigenvalue weighted by Crippen LogP contribution is -2.41. The van der Waals surface area contributed by atoms with Gasteiger partial charge in [0.05, 0.1) is 17.3 Å². The van der Waals surface area contributed by atoms with Crippen LogP contribution in [0, 0.1) is 5.82 Å². The van der Waals surface area contributed by atoms with Crippen LogP contribution in [-0.2, 0) is 13.2 Å². The zero-order valence-electron chi connectivity index (χ0n) is 13.2. The number of aromatic nitrogens is 2. The summed E-state index contributed by atoms with van der Waals surface area (Å²) in [4.78, 5) is 24.2. The lowest BCUT2D eigenvalue weighted by Gasteiger charge is -2.15. The maximum absolute atomic E-state index is 14.2. The quantitative estimate of drug-likeness (QED) is 0.766. The summed E-state index contributed by atoms with van der Waals surface area (Å²) in [5.41, 5.74) is -4.65. The predicted molar refractivity (Wildman–Crippen MR) is 83.0 cm³/mol. The van der Waals surface area contributed by atoms with Gasteiger partial charge < -0.3 is 4.74 Å². The van der Waals surface area contributed by atoms with Gasteiger partial charge in [-0.2, -0.15) is 13.2 Å². The van der Waals surface area contributed by atoms with Crippen LogP contribution in [0.5, 0.6) is 5.75 Å². The summed E-state index contributed by atoms with van der Waals surface area (Å²) in [6.45, 7) is 2.05. The van der Waals surface area contributed by atoms with Crippen LogP contribution in [0.25, 0.3) is 5.69 Å². The molecular weight excluding hydrogens is 368 g/mol. The fourth-order valence-corrected chi connectivity index (χ4v) is 2.34. The highest BCUT2D eigenvalue weighted by Crippen LogP contribution is 2.30. The summed E-state index contributed by atoms with van der Waals surface area (Å²) in [6, 6.07) is 2.05. The van der Waals surface area contributed by atoms with E-state index in [0.29, 0.717) is 11.0 Å². The number of benzene rings is 1. The molecule has 0 spiro atoms. The average molecular weight is 381 g/mol. The van der Waals surface area contributed by atoms with E-state index in [4.69, 9.17) is 16.3 Å². The van der Waals surface area contributed by atoms with Crippen LogP contribution in [0.3, 0.4) is 0 Å². The van der Waals surface area contributed by atoms with Gasteiger partial charge >= 0.3 is 11.9 Å². The molecule has 0 saturated carbocycles. The molecule has 0 aliphatic rings. The average Bonchev–Trinajstić information content (AvgIpc) is 2.50. The third kappa shape index (κ3) is 3.71. The standard InChI is InChI=1S/C15H13ClF4N2O3/c1-3-4-25-11-6-10(9(17)5-8(11)16)22-13(23)7-12(15(18,19)20)21(2)14(22)24/h5-7H,3-4H2,1-2H3. The van der Waals surface area contributed by atoms with Gasteiger partial charge in [0.1, 0.15) is 17.3 Å². The van der Waals surface area contributed by atoms with Crippen molar-refractivity contribution >= 4 is 11.6 Å². The lowest BCUT2D eigenvalue weighted by molar-refractivity contribution is -0.144. The third-order valence-corrected chi connectivity index (χ3v) is 3.61. The number of alkyl halides is 3. The van der Waals surface area contributed by atoms with Crippen molar-refractivity contribution in [3.05, 3.63) is 55.6 Å². The first kappa shape index (κ1) is 19.0. The Morgan fingerprint density at radius 3 is 2.40 bits per heavy atom. The maximum atomic E-state index is 14.2. The summed E-state index contributed by atoms with van der Waals surface area (Å²) in [6.07, 6.45) is -4.29. The monoisotopic (exact) mass is 380 g/mol. The van der Waals surface area contributed by atoms with Crippen LogP contribution in [0.4, 0.5) is 17.6 Å². The highest BCUT2D eigenvalue weighted by atomic mass is 35.5. The van der Waals surface area contributed by atoms with Crippen LogP contribution in [0.2, 0.25) is 5.02 Å². The molecule has 25 heavy (non-hydrogen) atoms. The summed E-state index contributed by atoms with van der Waals surface area (Å²) in [5, 5.41) is -0.0912. The van der Waals surface area contributed by atoms with Gasteiger partial charge in [0.15, 0.2) is 0 Å². The molecule has 0 fully saturated rings. The van der Waals surface area contributed by atoms with Crippen molar-refractivity contribution in [2.75, 3.05) is 6.61 Å². The van der Waals surface area contributed by atoms with E-state index in [9.17, 15) is 27.2 Å². The highest BCUT2D eigenvalue weighted by Gasteiger charge is 2.35. The topological polar surface area (TPSA) is 53.2 Å². The van der Waals surface area contributed by atoms with Crippen molar-refractivity contribution in [3.8, 4) is 11.4 Å². The minimum absolute atomic E-state index is 0.00812. The van der Waals surface area contributed by atoms with Crippen molar-refractivity contribution < 1.29 is 22.3 Å². The largest absolute Gasteiger partial charge is 0.492 e. The van der Waals surface area contributed by atoms with E-state index < -0.39 is 34.6 Å². The zero-order valence-corrected chi connectivity index (χ0v) is 13.9. The fraction of sp³-hybridized carbons (Fsp3) is 0.333. The molecule has 2 aromatic rings. The van der Waals surface area contributed by atoms with Crippen LogP contribution in [0.15, 0.2) is 27.8 Å². The minimum Gasteiger partial charge on any atom is -0.492 e. The van der Waals surface area contributed by atoms with Gasteiger partial charge in [-0.3, -0.25) is 9.36 Å². The molecule has 10 heteroatoms. The number of ether oxygens (including phenoxy) is 1. The first-order valence-corrected chi connectivity index (χ1v) is 7.48. The van der Waals surface area contributed by atoms with E-state index >= 15 is 0 Å². The van der Waals surface area contributed by atoms with Crippen molar-refractivity contribution in [1.29, 1.82) is 0 Å². The van der Waals surface area contributed by atoms with Crippen LogP contribution < -0.4 is 16.0 Å². The minimum atomic E-state index is -4.90. The summed E-state index contributed by atoms with van der Waals surface area (Å²) in [7, 11) is 0.837. The molecule has 1 aromatic heterocycles. The van der Waals surface area contributed by atoms with Gasteiger partial charge in [0.2, 0.25) is 0 Å². The van der Waals surface area contributed by atoms with Gasteiger partial charge in [-0.1, -0.05) is 18.5 Å². The molecule has 0 saturated heterocycles. The second-order valence-electron chi connectivity index (χ2n) is 5.13. The van der Waals surface area contributed by atoms with E-state index in [1.165, 1.54) is 0 Å². The summed E-state index contributed by atoms with van der Waals surface area (Å²) >= 11 is 5.84. The van der Waals surface area contributed by atoms with E-state index in [-0.39, 0.29) is 28.0 Å². The fourth-order valence-electron chi connectivity index (χ4n) is 2.13. The molecule has 0 amide bonds. The second-order valence-corrected chi connectivity index (χ2v) is 5.53. The molecule has 0 atom stereocenters. The van der Waals surface area contributed by atoms with E-state index in [2.05, 4.69) is 0 Å². The maximum Gasteiger partial charge on any atom is 0.431 e. The van der Waals surface area contributed by atoms with Crippen LogP contribution >= 0.6 is 11.6 Å². The zero-order chi connectivity index (χ0) is 18.9. The Morgan fingerprint density at radius 2 is 1.84 bits per heavy atom. The second kappa shape index (κ2) is 6.91. The Bertz CT molecular complexity index is 919. The smallest absolute Gasteiger partial charge is 0.431 e. The number of halogens is 5. The van der Waals surface area contributed by atoms with Crippen molar-refractivity contribution in [1.82, 2.24) is 9.13 Å². The molecule has 1 aromatic carbocycles. The van der Waals surface area contributed by atoms with Gasteiger partial charge in [-0.05, 0) is 12.5 Å². The molecule has 0 radical (unpaired) electrons. The molecular formula is C15H13ClF4N2O3.